The summed E-state index contributed by atoms with van der Waals surface area (Å²) in [5.74, 6) is 0.370. The van der Waals surface area contributed by atoms with Gasteiger partial charge in [0.05, 0.1) is 0 Å². The van der Waals surface area contributed by atoms with Crippen LogP contribution in [0.2, 0.25) is 5.02 Å². The average Bonchev–Trinajstić information content (AvgIpc) is 2.48. The fraction of sp³-hybridized carbons (Fsp3) is 0.647. The molecule has 3 unspecified atom stereocenters. The predicted octanol–water partition coefficient (Wildman–Crippen LogP) is 4.59. The third kappa shape index (κ3) is 3.89. The van der Waals surface area contributed by atoms with Crippen molar-refractivity contribution in [3.63, 3.8) is 0 Å². The second kappa shape index (κ2) is 6.97. The van der Waals surface area contributed by atoms with Crippen LogP contribution in [-0.4, -0.2) is 18.6 Å². The lowest BCUT2D eigenvalue weighted by Crippen LogP contribution is -2.48. The summed E-state index contributed by atoms with van der Waals surface area (Å²) >= 11 is 5.96. The molecule has 0 aromatic heterocycles. The monoisotopic (exact) mass is 310 g/mol. The molecule has 1 saturated heterocycles. The number of halogens is 2. The second-order valence-electron chi connectivity index (χ2n) is 6.41. The Balaban J connectivity index is 1.71. The number of hydrogen-bond donors (Lipinski definition) is 2. The molecule has 2 aliphatic rings. The first-order chi connectivity index (χ1) is 10.2. The molecule has 1 aliphatic carbocycles. The lowest BCUT2D eigenvalue weighted by molar-refractivity contribution is 0.217. The van der Waals surface area contributed by atoms with E-state index in [9.17, 15) is 4.39 Å². The molecular formula is C17H24ClFN2. The first kappa shape index (κ1) is 15.1. The predicted molar refractivity (Wildman–Crippen MR) is 86.4 cm³/mol. The molecule has 2 nitrogen and oxygen atoms in total. The molecule has 1 aromatic rings. The van der Waals surface area contributed by atoms with E-state index in [0.717, 1.165) is 18.7 Å². The molecule has 0 spiro atoms. The van der Waals surface area contributed by atoms with Crippen LogP contribution in [0, 0.1) is 11.7 Å². The first-order valence-electron chi connectivity index (χ1n) is 8.18. The zero-order valence-corrected chi connectivity index (χ0v) is 13.1. The van der Waals surface area contributed by atoms with E-state index >= 15 is 0 Å². The van der Waals surface area contributed by atoms with Crippen molar-refractivity contribution in [3.05, 3.63) is 29.0 Å². The van der Waals surface area contributed by atoms with E-state index in [0.29, 0.717) is 23.0 Å². The third-order valence-corrected chi connectivity index (χ3v) is 5.12. The van der Waals surface area contributed by atoms with Crippen LogP contribution in [0.1, 0.15) is 44.9 Å². The van der Waals surface area contributed by atoms with Crippen molar-refractivity contribution in [2.45, 2.75) is 57.0 Å². The van der Waals surface area contributed by atoms with Gasteiger partial charge < -0.3 is 10.6 Å². The van der Waals surface area contributed by atoms with Crippen LogP contribution < -0.4 is 10.6 Å². The number of nitrogens with one attached hydrogen (secondary N) is 2. The van der Waals surface area contributed by atoms with E-state index in [1.807, 2.05) is 6.07 Å². The van der Waals surface area contributed by atoms with Crippen LogP contribution in [0.25, 0.3) is 0 Å². The van der Waals surface area contributed by atoms with Gasteiger partial charge in [-0.3, -0.25) is 0 Å². The SMILES string of the molecule is Fc1cc(Cl)cc(NC2CCCCC2C2CCCCN2)c1. The Morgan fingerprint density at radius 3 is 2.62 bits per heavy atom. The molecule has 1 aromatic carbocycles. The smallest absolute Gasteiger partial charge is 0.126 e. The molecule has 21 heavy (non-hydrogen) atoms. The van der Waals surface area contributed by atoms with Gasteiger partial charge in [-0.2, -0.15) is 0 Å². The van der Waals surface area contributed by atoms with Crippen molar-refractivity contribution in [2.75, 3.05) is 11.9 Å². The molecule has 1 aliphatic heterocycles. The van der Waals surface area contributed by atoms with E-state index < -0.39 is 0 Å². The molecule has 116 valence electrons. The van der Waals surface area contributed by atoms with Crippen molar-refractivity contribution in [3.8, 4) is 0 Å². The van der Waals surface area contributed by atoms with Gasteiger partial charge in [0, 0.05) is 22.8 Å². The average molecular weight is 311 g/mol. The van der Waals surface area contributed by atoms with Gasteiger partial charge in [-0.25, -0.2) is 4.39 Å². The molecule has 3 atom stereocenters. The van der Waals surface area contributed by atoms with Gasteiger partial charge in [-0.05, 0) is 56.3 Å². The first-order valence-corrected chi connectivity index (χ1v) is 8.56. The normalized spacial score (nSPS) is 30.1. The van der Waals surface area contributed by atoms with Crippen LogP contribution in [0.5, 0.6) is 0 Å². The van der Waals surface area contributed by atoms with E-state index in [-0.39, 0.29) is 5.82 Å². The molecular weight excluding hydrogens is 287 g/mol. The summed E-state index contributed by atoms with van der Waals surface area (Å²) in [6, 6.07) is 5.76. The quantitative estimate of drug-likeness (QED) is 0.853. The summed E-state index contributed by atoms with van der Waals surface area (Å²) in [5.41, 5.74) is 0.813. The summed E-state index contributed by atoms with van der Waals surface area (Å²) in [6.45, 7) is 1.14. The molecule has 4 heteroatoms. The van der Waals surface area contributed by atoms with Gasteiger partial charge in [0.25, 0.3) is 0 Å². The summed E-state index contributed by atoms with van der Waals surface area (Å²) in [6.07, 6.45) is 8.88. The summed E-state index contributed by atoms with van der Waals surface area (Å²) in [5, 5.41) is 7.69. The van der Waals surface area contributed by atoms with Crippen molar-refractivity contribution < 1.29 is 4.39 Å². The van der Waals surface area contributed by atoms with Crippen molar-refractivity contribution >= 4 is 17.3 Å². The highest BCUT2D eigenvalue weighted by Crippen LogP contribution is 2.33. The van der Waals surface area contributed by atoms with Crippen LogP contribution in [-0.2, 0) is 0 Å². The number of hydrogen-bond acceptors (Lipinski definition) is 2. The summed E-state index contributed by atoms with van der Waals surface area (Å²) < 4.78 is 13.5. The summed E-state index contributed by atoms with van der Waals surface area (Å²) in [4.78, 5) is 0. The Morgan fingerprint density at radius 2 is 1.86 bits per heavy atom. The number of anilines is 1. The highest BCUT2D eigenvalue weighted by atomic mass is 35.5. The maximum atomic E-state index is 13.5. The van der Waals surface area contributed by atoms with Crippen molar-refractivity contribution in [1.82, 2.24) is 5.32 Å². The van der Waals surface area contributed by atoms with Crippen molar-refractivity contribution in [1.29, 1.82) is 0 Å². The van der Waals surface area contributed by atoms with Crippen LogP contribution in [0.15, 0.2) is 18.2 Å². The van der Waals surface area contributed by atoms with E-state index in [4.69, 9.17) is 11.6 Å². The lowest BCUT2D eigenvalue weighted by Gasteiger charge is -2.40. The Labute approximate surface area is 131 Å². The zero-order valence-electron chi connectivity index (χ0n) is 12.4. The second-order valence-corrected chi connectivity index (χ2v) is 6.85. The number of piperidine rings is 1. The van der Waals surface area contributed by atoms with E-state index in [2.05, 4.69) is 10.6 Å². The highest BCUT2D eigenvalue weighted by molar-refractivity contribution is 6.30. The van der Waals surface area contributed by atoms with Gasteiger partial charge in [-0.15, -0.1) is 0 Å². The fourth-order valence-electron chi connectivity index (χ4n) is 3.92. The van der Waals surface area contributed by atoms with Gasteiger partial charge in [0.1, 0.15) is 5.82 Å². The Morgan fingerprint density at radius 1 is 1.05 bits per heavy atom. The minimum Gasteiger partial charge on any atom is -0.382 e. The fourth-order valence-corrected chi connectivity index (χ4v) is 4.14. The third-order valence-electron chi connectivity index (χ3n) is 4.90. The maximum absolute atomic E-state index is 13.5. The van der Waals surface area contributed by atoms with Gasteiger partial charge in [0.15, 0.2) is 0 Å². The molecule has 0 radical (unpaired) electrons. The van der Waals surface area contributed by atoms with Gasteiger partial charge in [0.2, 0.25) is 0 Å². The molecule has 0 bridgehead atoms. The Hall–Kier alpha value is -0.800. The molecule has 2 fully saturated rings. The Bertz CT molecular complexity index is 454. The summed E-state index contributed by atoms with van der Waals surface area (Å²) in [7, 11) is 0. The van der Waals surface area contributed by atoms with Gasteiger partial charge in [-0.1, -0.05) is 30.9 Å². The molecule has 1 saturated carbocycles. The molecule has 2 N–H and O–H groups in total. The van der Waals surface area contributed by atoms with Crippen LogP contribution in [0.3, 0.4) is 0 Å². The maximum Gasteiger partial charge on any atom is 0.126 e. The topological polar surface area (TPSA) is 24.1 Å². The largest absolute Gasteiger partial charge is 0.382 e. The van der Waals surface area contributed by atoms with E-state index in [1.54, 1.807) is 6.07 Å². The molecule has 0 amide bonds. The lowest BCUT2D eigenvalue weighted by atomic mass is 9.77. The van der Waals surface area contributed by atoms with Crippen molar-refractivity contribution in [2.24, 2.45) is 5.92 Å². The standard InChI is InChI=1S/C17H24ClFN2/c18-12-9-13(19)11-14(10-12)21-17-7-2-1-5-15(17)16-6-3-4-8-20-16/h9-11,15-17,20-21H,1-8H2. The van der Waals surface area contributed by atoms with E-state index in [1.165, 1.54) is 44.6 Å². The molecule has 3 rings (SSSR count). The number of benzene rings is 1. The van der Waals surface area contributed by atoms with Crippen LogP contribution >= 0.6 is 11.6 Å². The molecule has 1 heterocycles. The Kier molecular flexibility index (Phi) is 5.02. The van der Waals surface area contributed by atoms with Gasteiger partial charge >= 0.3 is 0 Å². The highest BCUT2D eigenvalue weighted by Gasteiger charge is 2.32. The number of rotatable bonds is 3. The minimum absolute atomic E-state index is 0.270. The zero-order chi connectivity index (χ0) is 14.7. The van der Waals surface area contributed by atoms with Crippen LogP contribution in [0.4, 0.5) is 10.1 Å². The minimum atomic E-state index is -0.270.